The first-order valence-corrected chi connectivity index (χ1v) is 8.33. The summed E-state index contributed by atoms with van der Waals surface area (Å²) in [4.78, 5) is 4.31. The van der Waals surface area contributed by atoms with Crippen LogP contribution < -0.4 is 10.6 Å². The molecular weight excluding hydrogens is 250 g/mol. The molecular formula is C16H31N3O. The van der Waals surface area contributed by atoms with Crippen LogP contribution in [0.2, 0.25) is 0 Å². The average molecular weight is 281 g/mol. The van der Waals surface area contributed by atoms with Crippen molar-refractivity contribution in [1.29, 1.82) is 0 Å². The lowest BCUT2D eigenvalue weighted by Crippen LogP contribution is -2.45. The van der Waals surface area contributed by atoms with Crippen LogP contribution in [0.4, 0.5) is 0 Å². The monoisotopic (exact) mass is 281 g/mol. The molecule has 2 saturated carbocycles. The van der Waals surface area contributed by atoms with Gasteiger partial charge in [0.05, 0.1) is 0 Å². The van der Waals surface area contributed by atoms with Crippen molar-refractivity contribution in [2.75, 3.05) is 26.8 Å². The van der Waals surface area contributed by atoms with Gasteiger partial charge in [-0.05, 0) is 56.8 Å². The Hall–Kier alpha value is -0.770. The third-order valence-corrected chi connectivity index (χ3v) is 4.39. The number of rotatable bonds is 7. The van der Waals surface area contributed by atoms with Crippen molar-refractivity contribution in [2.24, 2.45) is 16.8 Å². The van der Waals surface area contributed by atoms with Gasteiger partial charge in [0.2, 0.25) is 0 Å². The van der Waals surface area contributed by atoms with E-state index in [1.807, 2.05) is 7.05 Å². The predicted octanol–water partition coefficient (Wildman–Crippen LogP) is 2.55. The molecule has 2 aliphatic rings. The van der Waals surface area contributed by atoms with Crippen molar-refractivity contribution in [1.82, 2.24) is 10.6 Å². The van der Waals surface area contributed by atoms with Crippen molar-refractivity contribution >= 4 is 5.96 Å². The van der Waals surface area contributed by atoms with Crippen LogP contribution in [-0.2, 0) is 4.74 Å². The first-order chi connectivity index (χ1) is 9.78. The number of aliphatic imine (C=N–C) groups is 1. The minimum absolute atomic E-state index is 0.600. The lowest BCUT2D eigenvalue weighted by molar-refractivity contribution is 0.123. The molecule has 2 N–H and O–H groups in total. The third-order valence-electron chi connectivity index (χ3n) is 4.39. The van der Waals surface area contributed by atoms with Crippen LogP contribution in [0.3, 0.4) is 0 Å². The molecule has 0 spiro atoms. The maximum Gasteiger partial charge on any atom is 0.191 e. The normalized spacial score (nSPS) is 27.4. The lowest BCUT2D eigenvalue weighted by Gasteiger charge is -2.28. The predicted molar refractivity (Wildman–Crippen MR) is 84.1 cm³/mol. The van der Waals surface area contributed by atoms with E-state index in [1.54, 1.807) is 0 Å². The Labute approximate surface area is 123 Å². The number of hydrogen-bond donors (Lipinski definition) is 2. The van der Waals surface area contributed by atoms with E-state index >= 15 is 0 Å². The van der Waals surface area contributed by atoms with Crippen LogP contribution in [0.15, 0.2) is 4.99 Å². The maximum atomic E-state index is 5.63. The molecule has 4 nitrogen and oxygen atoms in total. The molecule has 0 atom stereocenters. The van der Waals surface area contributed by atoms with Gasteiger partial charge >= 0.3 is 0 Å². The van der Waals surface area contributed by atoms with Gasteiger partial charge in [0.15, 0.2) is 5.96 Å². The molecule has 0 aromatic heterocycles. The lowest BCUT2D eigenvalue weighted by atomic mass is 9.87. The van der Waals surface area contributed by atoms with Gasteiger partial charge in [-0.1, -0.05) is 6.92 Å². The van der Waals surface area contributed by atoms with Crippen molar-refractivity contribution in [3.63, 3.8) is 0 Å². The Morgan fingerprint density at radius 3 is 2.55 bits per heavy atom. The second kappa shape index (κ2) is 8.50. The summed E-state index contributed by atoms with van der Waals surface area (Å²) in [5.41, 5.74) is 0. The minimum Gasteiger partial charge on any atom is -0.381 e. The van der Waals surface area contributed by atoms with Crippen molar-refractivity contribution in [3.05, 3.63) is 0 Å². The van der Waals surface area contributed by atoms with Gasteiger partial charge in [-0.25, -0.2) is 0 Å². The first kappa shape index (κ1) is 15.6. The quantitative estimate of drug-likeness (QED) is 0.428. The summed E-state index contributed by atoms with van der Waals surface area (Å²) >= 11 is 0. The summed E-state index contributed by atoms with van der Waals surface area (Å²) in [5.74, 6) is 2.71. The zero-order valence-corrected chi connectivity index (χ0v) is 13.2. The minimum atomic E-state index is 0.600. The molecule has 0 radical (unpaired) electrons. The van der Waals surface area contributed by atoms with Crippen LogP contribution in [-0.4, -0.2) is 38.8 Å². The summed E-state index contributed by atoms with van der Waals surface area (Å²) in [6.07, 6.45) is 9.00. The Morgan fingerprint density at radius 1 is 1.15 bits per heavy atom. The van der Waals surface area contributed by atoms with Crippen LogP contribution in [0, 0.1) is 11.8 Å². The van der Waals surface area contributed by atoms with Gasteiger partial charge in [-0.15, -0.1) is 0 Å². The van der Waals surface area contributed by atoms with E-state index in [0.717, 1.165) is 44.0 Å². The Balaban J connectivity index is 1.50. The van der Waals surface area contributed by atoms with Crippen molar-refractivity contribution in [3.8, 4) is 0 Å². The van der Waals surface area contributed by atoms with Gasteiger partial charge in [-0.2, -0.15) is 0 Å². The van der Waals surface area contributed by atoms with E-state index in [1.165, 1.54) is 38.5 Å². The summed E-state index contributed by atoms with van der Waals surface area (Å²) in [7, 11) is 1.85. The highest BCUT2D eigenvalue weighted by Gasteiger charge is 2.21. The molecule has 0 saturated heterocycles. The molecule has 116 valence electrons. The van der Waals surface area contributed by atoms with Crippen molar-refractivity contribution in [2.45, 2.75) is 57.9 Å². The Bertz CT molecular complexity index is 294. The van der Waals surface area contributed by atoms with E-state index in [2.05, 4.69) is 22.5 Å². The van der Waals surface area contributed by atoms with E-state index in [-0.39, 0.29) is 0 Å². The Morgan fingerprint density at radius 2 is 1.90 bits per heavy atom. The fraction of sp³-hybridized carbons (Fsp3) is 0.938. The number of ether oxygens (including phenoxy) is 1. The molecule has 0 aromatic carbocycles. The zero-order chi connectivity index (χ0) is 14.2. The van der Waals surface area contributed by atoms with E-state index < -0.39 is 0 Å². The largest absolute Gasteiger partial charge is 0.381 e. The molecule has 20 heavy (non-hydrogen) atoms. The molecule has 0 unspecified atom stereocenters. The fourth-order valence-electron chi connectivity index (χ4n) is 2.71. The molecule has 2 rings (SSSR count). The van der Waals surface area contributed by atoms with Crippen LogP contribution in [0.1, 0.15) is 51.9 Å². The average Bonchev–Trinajstić information content (AvgIpc) is 3.27. The van der Waals surface area contributed by atoms with E-state index in [0.29, 0.717) is 6.04 Å². The van der Waals surface area contributed by atoms with Gasteiger partial charge < -0.3 is 15.4 Å². The SMILES string of the molecule is CN=C(NCCCOCC1CC1)NC1CCC(C)CC1. The zero-order valence-electron chi connectivity index (χ0n) is 13.2. The topological polar surface area (TPSA) is 45.7 Å². The summed E-state index contributed by atoms with van der Waals surface area (Å²) < 4.78 is 5.63. The molecule has 0 heterocycles. The van der Waals surface area contributed by atoms with Crippen molar-refractivity contribution < 1.29 is 4.74 Å². The number of hydrogen-bond acceptors (Lipinski definition) is 2. The summed E-state index contributed by atoms with van der Waals surface area (Å²) in [5, 5.41) is 6.93. The third kappa shape index (κ3) is 6.12. The maximum absolute atomic E-state index is 5.63. The standard InChI is InChI=1S/C16H31N3O/c1-13-4-8-15(9-5-13)19-16(17-2)18-10-3-11-20-12-14-6-7-14/h13-15H,3-12H2,1-2H3,(H2,17,18,19). The number of guanidine groups is 1. The molecule has 0 bridgehead atoms. The summed E-state index contributed by atoms with van der Waals surface area (Å²) in [6.45, 7) is 5.12. The number of nitrogens with one attached hydrogen (secondary N) is 2. The molecule has 0 aliphatic heterocycles. The second-order valence-corrected chi connectivity index (χ2v) is 6.47. The van der Waals surface area contributed by atoms with Crippen LogP contribution in [0.5, 0.6) is 0 Å². The van der Waals surface area contributed by atoms with Gasteiger partial charge in [-0.3, -0.25) is 4.99 Å². The smallest absolute Gasteiger partial charge is 0.191 e. The Kier molecular flexibility index (Phi) is 6.64. The van der Waals surface area contributed by atoms with E-state index in [9.17, 15) is 0 Å². The fourth-order valence-corrected chi connectivity index (χ4v) is 2.71. The molecule has 2 aliphatic carbocycles. The highest BCUT2D eigenvalue weighted by Crippen LogP contribution is 2.28. The van der Waals surface area contributed by atoms with Gasteiger partial charge in [0, 0.05) is 32.8 Å². The van der Waals surface area contributed by atoms with Crippen LogP contribution >= 0.6 is 0 Å². The van der Waals surface area contributed by atoms with E-state index in [4.69, 9.17) is 4.74 Å². The molecule has 4 heteroatoms. The second-order valence-electron chi connectivity index (χ2n) is 6.47. The summed E-state index contributed by atoms with van der Waals surface area (Å²) in [6, 6.07) is 0.600. The number of nitrogens with zero attached hydrogens (tertiary/aromatic N) is 1. The molecule has 0 amide bonds. The highest BCUT2D eigenvalue weighted by atomic mass is 16.5. The van der Waals surface area contributed by atoms with Gasteiger partial charge in [0.25, 0.3) is 0 Å². The molecule has 2 fully saturated rings. The highest BCUT2D eigenvalue weighted by molar-refractivity contribution is 5.79. The first-order valence-electron chi connectivity index (χ1n) is 8.33. The van der Waals surface area contributed by atoms with Crippen LogP contribution in [0.25, 0.3) is 0 Å². The van der Waals surface area contributed by atoms with Gasteiger partial charge in [0.1, 0.15) is 0 Å². The molecule has 0 aromatic rings.